The highest BCUT2D eigenvalue weighted by atomic mass is 19.2. The Labute approximate surface area is 112 Å². The van der Waals surface area contributed by atoms with E-state index in [1.807, 2.05) is 0 Å². The first-order valence-electron chi connectivity index (χ1n) is 6.02. The van der Waals surface area contributed by atoms with E-state index in [0.29, 0.717) is 12.8 Å². The number of rotatable bonds is 3. The highest BCUT2D eigenvalue weighted by molar-refractivity contribution is 5.78. The van der Waals surface area contributed by atoms with Gasteiger partial charge in [-0.15, -0.1) is 5.10 Å². The van der Waals surface area contributed by atoms with Crippen molar-refractivity contribution in [1.82, 2.24) is 20.2 Å². The second-order valence-corrected chi connectivity index (χ2v) is 4.73. The van der Waals surface area contributed by atoms with Crippen LogP contribution >= 0.6 is 0 Å². The third kappa shape index (κ3) is 1.68. The molecule has 1 fully saturated rings. The molecular weight excluding hydrogens is 270 g/mol. The zero-order valence-corrected chi connectivity index (χ0v) is 10.3. The number of carboxylic acids is 1. The molecule has 1 heterocycles. The summed E-state index contributed by atoms with van der Waals surface area (Å²) in [6.45, 7) is 0. The van der Waals surface area contributed by atoms with Crippen molar-refractivity contribution in [1.29, 1.82) is 0 Å². The standard InChI is InChI=1S/C12H10F2N4O2/c13-8-3-2-7(6-9(8)14)10-15-16-17-18(10)12(11(19)20)4-1-5-12/h2-3,6H,1,4-5H2,(H,19,20). The summed E-state index contributed by atoms with van der Waals surface area (Å²) in [4.78, 5) is 11.5. The van der Waals surface area contributed by atoms with Crippen molar-refractivity contribution in [3.8, 4) is 11.4 Å². The molecule has 0 saturated heterocycles. The average Bonchev–Trinajstić information content (AvgIpc) is 2.80. The molecule has 0 radical (unpaired) electrons. The van der Waals surface area contributed by atoms with Gasteiger partial charge in [-0.2, -0.15) is 0 Å². The van der Waals surface area contributed by atoms with E-state index in [9.17, 15) is 18.7 Å². The summed E-state index contributed by atoms with van der Waals surface area (Å²) in [6, 6.07) is 3.22. The molecule has 6 nitrogen and oxygen atoms in total. The number of benzene rings is 1. The molecule has 1 N–H and O–H groups in total. The highest BCUT2D eigenvalue weighted by Gasteiger charge is 2.49. The van der Waals surface area contributed by atoms with E-state index in [0.717, 1.165) is 18.6 Å². The van der Waals surface area contributed by atoms with E-state index in [4.69, 9.17) is 0 Å². The fourth-order valence-corrected chi connectivity index (χ4v) is 2.32. The summed E-state index contributed by atoms with van der Waals surface area (Å²) < 4.78 is 27.4. The molecule has 2 aromatic rings. The second-order valence-electron chi connectivity index (χ2n) is 4.73. The number of aliphatic carboxylic acids is 1. The molecule has 0 unspecified atom stereocenters. The zero-order valence-electron chi connectivity index (χ0n) is 10.3. The lowest BCUT2D eigenvalue weighted by molar-refractivity contribution is -0.153. The normalized spacial score (nSPS) is 16.7. The third-order valence-corrected chi connectivity index (χ3v) is 3.63. The van der Waals surface area contributed by atoms with Crippen LogP contribution in [0.25, 0.3) is 11.4 Å². The minimum Gasteiger partial charge on any atom is -0.479 e. The van der Waals surface area contributed by atoms with Gasteiger partial charge in [0.25, 0.3) is 0 Å². The molecule has 20 heavy (non-hydrogen) atoms. The van der Waals surface area contributed by atoms with Crippen molar-refractivity contribution in [2.75, 3.05) is 0 Å². The van der Waals surface area contributed by atoms with Crippen molar-refractivity contribution in [2.24, 2.45) is 0 Å². The zero-order chi connectivity index (χ0) is 14.3. The van der Waals surface area contributed by atoms with Crippen molar-refractivity contribution < 1.29 is 18.7 Å². The van der Waals surface area contributed by atoms with E-state index in [1.165, 1.54) is 10.7 Å². The number of nitrogens with zero attached hydrogens (tertiary/aromatic N) is 4. The monoisotopic (exact) mass is 280 g/mol. The molecule has 1 aliphatic carbocycles. The third-order valence-electron chi connectivity index (χ3n) is 3.63. The van der Waals surface area contributed by atoms with Crippen LogP contribution < -0.4 is 0 Å². The fraction of sp³-hybridized carbons (Fsp3) is 0.333. The van der Waals surface area contributed by atoms with Crippen LogP contribution in [-0.4, -0.2) is 31.3 Å². The molecule has 1 saturated carbocycles. The van der Waals surface area contributed by atoms with E-state index >= 15 is 0 Å². The SMILES string of the molecule is O=C(O)C1(n2nnnc2-c2ccc(F)c(F)c2)CCC1. The lowest BCUT2D eigenvalue weighted by Crippen LogP contribution is -2.48. The van der Waals surface area contributed by atoms with Gasteiger partial charge in [0.1, 0.15) is 0 Å². The van der Waals surface area contributed by atoms with Gasteiger partial charge in [-0.25, -0.2) is 18.3 Å². The van der Waals surface area contributed by atoms with E-state index in [2.05, 4.69) is 15.5 Å². The molecule has 0 aliphatic heterocycles. The summed E-state index contributed by atoms with van der Waals surface area (Å²) in [5, 5.41) is 20.3. The lowest BCUT2D eigenvalue weighted by atomic mass is 9.76. The van der Waals surface area contributed by atoms with Gasteiger partial charge in [-0.3, -0.25) is 0 Å². The Balaban J connectivity index is 2.10. The number of carbonyl (C=O) groups is 1. The van der Waals surface area contributed by atoms with Gasteiger partial charge >= 0.3 is 5.97 Å². The topological polar surface area (TPSA) is 80.9 Å². The van der Waals surface area contributed by atoms with E-state index < -0.39 is 23.1 Å². The first-order valence-corrected chi connectivity index (χ1v) is 6.02. The molecule has 1 aliphatic rings. The van der Waals surface area contributed by atoms with Crippen molar-refractivity contribution >= 4 is 5.97 Å². The van der Waals surface area contributed by atoms with Crippen LogP contribution in [-0.2, 0) is 10.3 Å². The first-order chi connectivity index (χ1) is 9.54. The average molecular weight is 280 g/mol. The van der Waals surface area contributed by atoms with Gasteiger partial charge in [0, 0.05) is 5.56 Å². The maximum Gasteiger partial charge on any atom is 0.331 e. The Morgan fingerprint density at radius 1 is 1.30 bits per heavy atom. The summed E-state index contributed by atoms with van der Waals surface area (Å²) in [6.07, 6.45) is 1.57. The van der Waals surface area contributed by atoms with Crippen molar-refractivity contribution in [3.05, 3.63) is 29.8 Å². The minimum absolute atomic E-state index is 0.117. The molecule has 0 spiro atoms. The van der Waals surface area contributed by atoms with E-state index in [-0.39, 0.29) is 11.4 Å². The predicted molar refractivity (Wildman–Crippen MR) is 62.6 cm³/mol. The molecule has 0 amide bonds. The molecule has 3 rings (SSSR count). The maximum atomic E-state index is 13.3. The Morgan fingerprint density at radius 3 is 2.60 bits per heavy atom. The van der Waals surface area contributed by atoms with E-state index in [1.54, 1.807) is 0 Å². The smallest absolute Gasteiger partial charge is 0.331 e. The molecule has 8 heteroatoms. The van der Waals surface area contributed by atoms with Gasteiger partial charge < -0.3 is 5.11 Å². The lowest BCUT2D eigenvalue weighted by Gasteiger charge is -2.37. The predicted octanol–water partition coefficient (Wildman–Crippen LogP) is 1.58. The van der Waals surface area contributed by atoms with Crippen LogP contribution in [0.1, 0.15) is 19.3 Å². The van der Waals surface area contributed by atoms with Crippen LogP contribution in [0.5, 0.6) is 0 Å². The molecule has 1 aromatic carbocycles. The first kappa shape index (κ1) is 12.6. The van der Waals surface area contributed by atoms with Crippen LogP contribution in [0.2, 0.25) is 0 Å². The number of hydrogen-bond donors (Lipinski definition) is 1. The van der Waals surface area contributed by atoms with Crippen LogP contribution in [0, 0.1) is 11.6 Å². The van der Waals surface area contributed by atoms with Crippen molar-refractivity contribution in [2.45, 2.75) is 24.8 Å². The largest absolute Gasteiger partial charge is 0.479 e. The van der Waals surface area contributed by atoms with Gasteiger partial charge in [0.15, 0.2) is 23.0 Å². The Hall–Kier alpha value is -2.38. The van der Waals surface area contributed by atoms with Gasteiger partial charge in [-0.05, 0) is 47.9 Å². The fourth-order valence-electron chi connectivity index (χ4n) is 2.32. The minimum atomic E-state index is -1.19. The van der Waals surface area contributed by atoms with Gasteiger partial charge in [-0.1, -0.05) is 0 Å². The van der Waals surface area contributed by atoms with Gasteiger partial charge in [0.05, 0.1) is 0 Å². The van der Waals surface area contributed by atoms with Crippen LogP contribution in [0.3, 0.4) is 0 Å². The quantitative estimate of drug-likeness (QED) is 0.923. The van der Waals surface area contributed by atoms with Gasteiger partial charge in [0.2, 0.25) is 0 Å². The van der Waals surface area contributed by atoms with Crippen LogP contribution in [0.15, 0.2) is 18.2 Å². The van der Waals surface area contributed by atoms with Crippen molar-refractivity contribution in [3.63, 3.8) is 0 Å². The summed E-state index contributed by atoms with van der Waals surface area (Å²) in [5.41, 5.74) is -0.953. The Bertz CT molecular complexity index is 682. The Kier molecular flexibility index (Phi) is 2.73. The van der Waals surface area contributed by atoms with Crippen LogP contribution in [0.4, 0.5) is 8.78 Å². The highest BCUT2D eigenvalue weighted by Crippen LogP contribution is 2.40. The molecule has 1 aromatic heterocycles. The summed E-state index contributed by atoms with van der Waals surface area (Å²) in [5.74, 6) is -2.93. The molecule has 0 bridgehead atoms. The Morgan fingerprint density at radius 2 is 2.05 bits per heavy atom. The number of hydrogen-bond acceptors (Lipinski definition) is 4. The maximum absolute atomic E-state index is 13.3. The molecule has 0 atom stereocenters. The second kappa shape index (κ2) is 4.32. The summed E-state index contributed by atoms with van der Waals surface area (Å²) in [7, 11) is 0. The summed E-state index contributed by atoms with van der Waals surface area (Å²) >= 11 is 0. The number of halogens is 2. The molecular formula is C12H10F2N4O2. The molecule has 104 valence electrons. The number of aromatic nitrogens is 4. The number of tetrazole rings is 1. The number of carboxylic acid groups (broad SMARTS) is 1.